The van der Waals surface area contributed by atoms with E-state index in [1.165, 1.54) is 17.8 Å². The summed E-state index contributed by atoms with van der Waals surface area (Å²) in [6.07, 6.45) is 2.12. The van der Waals surface area contributed by atoms with E-state index in [1.807, 2.05) is 13.8 Å². The third-order valence-electron chi connectivity index (χ3n) is 5.52. The second-order valence-corrected chi connectivity index (χ2v) is 9.39. The third-order valence-corrected chi connectivity index (χ3v) is 6.75. The lowest BCUT2D eigenvalue weighted by Gasteiger charge is -2.36. The maximum Gasteiger partial charge on any atom is 0.333 e. The van der Waals surface area contributed by atoms with Crippen LogP contribution in [0, 0.1) is 0 Å². The Balaban J connectivity index is 1.43. The fourth-order valence-electron chi connectivity index (χ4n) is 3.80. The van der Waals surface area contributed by atoms with Crippen molar-refractivity contribution in [3.63, 3.8) is 0 Å². The Labute approximate surface area is 174 Å². The minimum atomic E-state index is -1.87. The van der Waals surface area contributed by atoms with E-state index < -0.39 is 32.7 Å². The van der Waals surface area contributed by atoms with E-state index in [2.05, 4.69) is 15.0 Å². The Morgan fingerprint density at radius 3 is 2.87 bits per heavy atom. The van der Waals surface area contributed by atoms with E-state index in [9.17, 15) is 0 Å². The number of aromatic nitrogens is 4. The van der Waals surface area contributed by atoms with Crippen molar-refractivity contribution >= 4 is 25.7 Å². The van der Waals surface area contributed by atoms with Gasteiger partial charge in [0.15, 0.2) is 23.1 Å². The van der Waals surface area contributed by atoms with Gasteiger partial charge in [0.05, 0.1) is 25.1 Å². The lowest BCUT2D eigenvalue weighted by Crippen LogP contribution is -2.44. The summed E-state index contributed by atoms with van der Waals surface area (Å²) in [4.78, 5) is 12.7. The van der Waals surface area contributed by atoms with Gasteiger partial charge in [-0.1, -0.05) is 0 Å². The van der Waals surface area contributed by atoms with Crippen LogP contribution < -0.4 is 10.5 Å². The first-order chi connectivity index (χ1) is 14.3. The maximum absolute atomic E-state index is 16.0. The predicted octanol–water partition coefficient (Wildman–Crippen LogP) is 3.03. The number of fused-ring (bicyclic) bond motifs is 2. The summed E-state index contributed by atoms with van der Waals surface area (Å²) in [5, 5.41) is 0. The van der Waals surface area contributed by atoms with Crippen molar-refractivity contribution in [1.29, 1.82) is 0 Å². The minimum Gasteiger partial charge on any atom is -0.473 e. The monoisotopic (exact) mass is 441 g/mol. The van der Waals surface area contributed by atoms with Crippen LogP contribution in [0.25, 0.3) is 11.2 Å². The summed E-state index contributed by atoms with van der Waals surface area (Å²) < 4.78 is 46.6. The van der Waals surface area contributed by atoms with Crippen LogP contribution >= 0.6 is 8.60 Å². The molecule has 2 saturated heterocycles. The molecule has 0 bridgehead atoms. The summed E-state index contributed by atoms with van der Waals surface area (Å²) in [6.45, 7) is 5.38. The van der Waals surface area contributed by atoms with E-state index in [4.69, 9.17) is 28.8 Å². The van der Waals surface area contributed by atoms with Crippen LogP contribution in [0.2, 0.25) is 0 Å². The standard InChI is InChI=1S/C18H25FN5O5P/c1-9(2)26-15-12-14(22-17(20)23-15)24(8-21-12)16-18(3,19)13-11(27-16)7-25-30(29-13)28-10-5-4-6-10/h8-11,13,16H,4-7H2,1-3H3,(H2,20,22,23)/t11-,13-,16-,18-,30-/m1/s1. The van der Waals surface area contributed by atoms with Crippen molar-refractivity contribution in [2.45, 2.75) is 76.3 Å². The predicted molar refractivity (Wildman–Crippen MR) is 105 cm³/mol. The van der Waals surface area contributed by atoms with Crippen LogP contribution in [0.4, 0.5) is 10.3 Å². The van der Waals surface area contributed by atoms with Gasteiger partial charge in [-0.25, -0.2) is 9.37 Å². The average molecular weight is 441 g/mol. The highest BCUT2D eigenvalue weighted by Crippen LogP contribution is 2.56. The highest BCUT2D eigenvalue weighted by molar-refractivity contribution is 7.41. The zero-order chi connectivity index (χ0) is 21.0. The first kappa shape index (κ1) is 20.3. The zero-order valence-corrected chi connectivity index (χ0v) is 17.9. The molecular weight excluding hydrogens is 416 g/mol. The number of hydrogen-bond acceptors (Lipinski definition) is 9. The number of anilines is 1. The highest BCUT2D eigenvalue weighted by atomic mass is 31.2. The van der Waals surface area contributed by atoms with E-state index in [1.54, 1.807) is 0 Å². The number of ether oxygens (including phenoxy) is 2. The molecule has 1 saturated carbocycles. The number of alkyl halides is 1. The molecule has 0 unspecified atom stereocenters. The molecule has 3 fully saturated rings. The molecule has 2 aliphatic heterocycles. The van der Waals surface area contributed by atoms with Crippen molar-refractivity contribution in [3.8, 4) is 5.88 Å². The van der Waals surface area contributed by atoms with E-state index in [0.29, 0.717) is 11.2 Å². The van der Waals surface area contributed by atoms with Gasteiger partial charge < -0.3 is 28.8 Å². The Morgan fingerprint density at radius 1 is 1.37 bits per heavy atom. The molecule has 0 radical (unpaired) electrons. The molecule has 0 spiro atoms. The smallest absolute Gasteiger partial charge is 0.333 e. The summed E-state index contributed by atoms with van der Waals surface area (Å²) >= 11 is 0. The Morgan fingerprint density at radius 2 is 2.17 bits per heavy atom. The van der Waals surface area contributed by atoms with Crippen LogP contribution in [-0.4, -0.2) is 56.2 Å². The molecule has 2 N–H and O–H groups in total. The molecule has 4 heterocycles. The number of rotatable bonds is 5. The third kappa shape index (κ3) is 3.42. The van der Waals surface area contributed by atoms with Crippen molar-refractivity contribution in [1.82, 2.24) is 19.5 Å². The lowest BCUT2D eigenvalue weighted by atomic mass is 9.97. The van der Waals surface area contributed by atoms with Gasteiger partial charge in [-0.2, -0.15) is 9.97 Å². The highest BCUT2D eigenvalue weighted by Gasteiger charge is 2.60. The molecule has 164 valence electrons. The number of nitrogens with two attached hydrogens (primary N) is 1. The van der Waals surface area contributed by atoms with Gasteiger partial charge in [0.2, 0.25) is 11.8 Å². The minimum absolute atomic E-state index is 0.00729. The summed E-state index contributed by atoms with van der Waals surface area (Å²) in [5.41, 5.74) is 4.71. The SMILES string of the molecule is CC(C)Oc1nc(N)nc2c1ncn2[C@@H]1O[C@@H]2CO[P@](OC3CCC3)O[C@H]2[C@@]1(C)F. The van der Waals surface area contributed by atoms with Crippen LogP contribution in [-0.2, 0) is 18.3 Å². The van der Waals surface area contributed by atoms with E-state index >= 15 is 4.39 Å². The number of nitrogen functional groups attached to an aromatic ring is 1. The van der Waals surface area contributed by atoms with Crippen LogP contribution in [0.1, 0.15) is 46.3 Å². The quantitative estimate of drug-likeness (QED) is 0.699. The van der Waals surface area contributed by atoms with Gasteiger partial charge >= 0.3 is 8.60 Å². The fraction of sp³-hybridized carbons (Fsp3) is 0.722. The van der Waals surface area contributed by atoms with Crippen molar-refractivity contribution < 1.29 is 27.4 Å². The second-order valence-electron chi connectivity index (χ2n) is 8.26. The molecule has 3 aliphatic rings. The van der Waals surface area contributed by atoms with Crippen molar-refractivity contribution in [2.24, 2.45) is 0 Å². The first-order valence-electron chi connectivity index (χ1n) is 10.1. The Hall–Kier alpha value is -1.65. The summed E-state index contributed by atoms with van der Waals surface area (Å²) in [5.74, 6) is 0.257. The molecule has 0 aromatic carbocycles. The molecular formula is C18H25FN5O5P. The first-order valence-corrected chi connectivity index (χ1v) is 11.2. The molecule has 1 aliphatic carbocycles. The molecule has 10 nitrogen and oxygen atoms in total. The topological polar surface area (TPSA) is 116 Å². The number of nitrogens with zero attached hydrogens (tertiary/aromatic N) is 4. The van der Waals surface area contributed by atoms with Gasteiger partial charge in [-0.15, -0.1) is 0 Å². The average Bonchev–Trinajstić information content (AvgIpc) is 3.16. The van der Waals surface area contributed by atoms with Crippen LogP contribution in [0.15, 0.2) is 6.33 Å². The van der Waals surface area contributed by atoms with Crippen LogP contribution in [0.5, 0.6) is 5.88 Å². The Bertz CT molecular complexity index is 939. The molecule has 12 heteroatoms. The second kappa shape index (κ2) is 7.49. The molecule has 2 aromatic rings. The summed E-state index contributed by atoms with van der Waals surface area (Å²) in [6, 6.07) is 0. The van der Waals surface area contributed by atoms with Crippen molar-refractivity contribution in [2.75, 3.05) is 12.3 Å². The van der Waals surface area contributed by atoms with E-state index in [-0.39, 0.29) is 30.6 Å². The molecule has 30 heavy (non-hydrogen) atoms. The van der Waals surface area contributed by atoms with E-state index in [0.717, 1.165) is 19.3 Å². The Kier molecular flexibility index (Phi) is 5.06. The fourth-order valence-corrected chi connectivity index (χ4v) is 5.23. The van der Waals surface area contributed by atoms with Crippen molar-refractivity contribution in [3.05, 3.63) is 6.33 Å². The number of hydrogen-bond donors (Lipinski definition) is 1. The number of imidazole rings is 1. The largest absolute Gasteiger partial charge is 0.473 e. The van der Waals surface area contributed by atoms with Gasteiger partial charge in [0, 0.05) is 0 Å². The molecule has 5 atom stereocenters. The zero-order valence-electron chi connectivity index (χ0n) is 17.0. The van der Waals surface area contributed by atoms with Crippen LogP contribution in [0.3, 0.4) is 0 Å². The van der Waals surface area contributed by atoms with Gasteiger partial charge in [0.25, 0.3) is 0 Å². The normalized spacial score (nSPS) is 34.3. The number of halogens is 1. The summed E-state index contributed by atoms with van der Waals surface area (Å²) in [7, 11) is -1.60. The van der Waals surface area contributed by atoms with Gasteiger partial charge in [0.1, 0.15) is 12.2 Å². The molecule has 5 rings (SSSR count). The molecule has 2 aromatic heterocycles. The lowest BCUT2D eigenvalue weighted by molar-refractivity contribution is -0.0668. The molecule has 0 amide bonds. The maximum atomic E-state index is 16.0. The van der Waals surface area contributed by atoms with Gasteiger partial charge in [-0.05, 0) is 40.0 Å². The van der Waals surface area contributed by atoms with Gasteiger partial charge in [-0.3, -0.25) is 4.57 Å².